The molecule has 0 spiro atoms. The van der Waals surface area contributed by atoms with E-state index in [0.717, 1.165) is 19.3 Å². The maximum absolute atomic E-state index is 11.9. The molecular weight excluding hydrogens is 276 g/mol. The van der Waals surface area contributed by atoms with E-state index in [2.05, 4.69) is 10.3 Å². The molecule has 1 saturated carbocycles. The highest BCUT2D eigenvalue weighted by Crippen LogP contribution is 2.35. The van der Waals surface area contributed by atoms with Crippen molar-refractivity contribution in [1.29, 1.82) is 0 Å². The average Bonchev–Trinajstić information content (AvgIpc) is 2.40. The molecule has 1 heterocycles. The van der Waals surface area contributed by atoms with Crippen molar-refractivity contribution in [2.24, 2.45) is 0 Å². The van der Waals surface area contributed by atoms with Gasteiger partial charge in [-0.25, -0.2) is 4.79 Å². The van der Waals surface area contributed by atoms with Crippen molar-refractivity contribution in [3.8, 4) is 0 Å². The Morgan fingerprint density at radius 1 is 1.38 bits per heavy atom. The van der Waals surface area contributed by atoms with E-state index >= 15 is 0 Å². The number of nitrogens with two attached hydrogens (primary N) is 1. The summed E-state index contributed by atoms with van der Waals surface area (Å²) in [5, 5.41) is 3.02. The van der Waals surface area contributed by atoms with Crippen LogP contribution in [0, 0.1) is 0 Å². The summed E-state index contributed by atoms with van der Waals surface area (Å²) in [5.74, 6) is 0.117. The first kappa shape index (κ1) is 15.6. The van der Waals surface area contributed by atoms with Crippen LogP contribution < -0.4 is 22.3 Å². The van der Waals surface area contributed by atoms with E-state index in [1.807, 2.05) is 0 Å². The lowest BCUT2D eigenvalue weighted by Gasteiger charge is -2.40. The Morgan fingerprint density at radius 3 is 2.62 bits per heavy atom. The molecule has 21 heavy (non-hydrogen) atoms. The van der Waals surface area contributed by atoms with Gasteiger partial charge in [0.25, 0.3) is 5.56 Å². The fourth-order valence-electron chi connectivity index (χ4n) is 2.44. The van der Waals surface area contributed by atoms with Gasteiger partial charge in [0, 0.05) is 20.8 Å². The number of methoxy groups -OCH3 is 2. The molecule has 0 saturated heterocycles. The highest BCUT2D eigenvalue weighted by atomic mass is 16.5. The zero-order valence-electron chi connectivity index (χ0n) is 12.4. The first-order chi connectivity index (χ1) is 10.0. The van der Waals surface area contributed by atoms with Crippen molar-refractivity contribution in [2.75, 3.05) is 38.4 Å². The van der Waals surface area contributed by atoms with Gasteiger partial charge >= 0.3 is 5.69 Å². The summed E-state index contributed by atoms with van der Waals surface area (Å²) in [4.78, 5) is 25.9. The van der Waals surface area contributed by atoms with E-state index < -0.39 is 11.2 Å². The number of hydrogen-bond donors (Lipinski definition) is 3. The minimum atomic E-state index is -0.537. The third-order valence-electron chi connectivity index (χ3n) is 4.04. The Bertz CT molecular complexity index is 598. The Hall–Kier alpha value is -1.80. The van der Waals surface area contributed by atoms with Gasteiger partial charge in [0.1, 0.15) is 11.5 Å². The largest absolute Gasteiger partial charge is 0.383 e. The number of nitrogens with zero attached hydrogens (tertiary/aromatic N) is 1. The smallest absolute Gasteiger partial charge is 0.330 e. The molecule has 8 heteroatoms. The summed E-state index contributed by atoms with van der Waals surface area (Å²) in [6.07, 6.45) is 2.99. The topological polar surface area (TPSA) is 111 Å². The predicted octanol–water partition coefficient (Wildman–Crippen LogP) is -0.254. The molecule has 0 aromatic carbocycles. The summed E-state index contributed by atoms with van der Waals surface area (Å²) in [6.45, 7) is 1.10. The highest BCUT2D eigenvalue weighted by Gasteiger charge is 2.37. The maximum Gasteiger partial charge on any atom is 0.330 e. The first-order valence-corrected chi connectivity index (χ1v) is 6.93. The van der Waals surface area contributed by atoms with Crippen LogP contribution in [0.2, 0.25) is 0 Å². The molecule has 0 atom stereocenters. The van der Waals surface area contributed by atoms with Gasteiger partial charge in [-0.1, -0.05) is 0 Å². The highest BCUT2D eigenvalue weighted by molar-refractivity contribution is 5.60. The van der Waals surface area contributed by atoms with Crippen molar-refractivity contribution in [2.45, 2.75) is 31.4 Å². The van der Waals surface area contributed by atoms with E-state index in [9.17, 15) is 9.59 Å². The number of H-pyrrole nitrogens is 1. The molecule has 0 bridgehead atoms. The normalized spacial score (nSPS) is 16.5. The molecule has 1 aliphatic carbocycles. The van der Waals surface area contributed by atoms with Crippen LogP contribution >= 0.6 is 0 Å². The van der Waals surface area contributed by atoms with Gasteiger partial charge < -0.3 is 20.5 Å². The number of hydrogen-bond acceptors (Lipinski definition) is 6. The van der Waals surface area contributed by atoms with Crippen LogP contribution in [0.15, 0.2) is 9.59 Å². The zero-order chi connectivity index (χ0) is 15.5. The second kappa shape index (κ2) is 6.31. The molecule has 0 amide bonds. The second-order valence-electron chi connectivity index (χ2n) is 5.26. The number of nitrogen functional groups attached to an aromatic ring is 1. The molecular formula is C13H22N4O4. The fraction of sp³-hybridized carbons (Fsp3) is 0.692. The zero-order valence-corrected chi connectivity index (χ0v) is 12.4. The quantitative estimate of drug-likeness (QED) is 0.640. The number of aromatic amines is 1. The Morgan fingerprint density at radius 2 is 2.10 bits per heavy atom. The minimum absolute atomic E-state index is 0.117. The van der Waals surface area contributed by atoms with Crippen LogP contribution in [0.25, 0.3) is 0 Å². The van der Waals surface area contributed by atoms with E-state index in [1.165, 1.54) is 11.7 Å². The second-order valence-corrected chi connectivity index (χ2v) is 5.26. The van der Waals surface area contributed by atoms with E-state index in [1.54, 1.807) is 7.11 Å². The predicted molar refractivity (Wildman–Crippen MR) is 79.7 cm³/mol. The van der Waals surface area contributed by atoms with Crippen molar-refractivity contribution in [3.63, 3.8) is 0 Å². The lowest BCUT2D eigenvalue weighted by atomic mass is 9.80. The number of ether oxygens (including phenoxy) is 2. The molecule has 8 nitrogen and oxygen atoms in total. The number of aromatic nitrogens is 2. The Kier molecular flexibility index (Phi) is 4.69. The van der Waals surface area contributed by atoms with Gasteiger partial charge in [-0.05, 0) is 19.3 Å². The van der Waals surface area contributed by atoms with E-state index in [0.29, 0.717) is 13.2 Å². The fourth-order valence-corrected chi connectivity index (χ4v) is 2.44. The molecule has 118 valence electrons. The molecule has 0 radical (unpaired) electrons. The van der Waals surface area contributed by atoms with Crippen molar-refractivity contribution >= 4 is 11.5 Å². The number of anilines is 2. The van der Waals surface area contributed by atoms with Gasteiger partial charge in [0.15, 0.2) is 0 Å². The van der Waals surface area contributed by atoms with Gasteiger partial charge in [0.05, 0.1) is 18.8 Å². The molecule has 0 aliphatic heterocycles. The number of rotatable bonds is 7. The van der Waals surface area contributed by atoms with E-state index in [4.69, 9.17) is 15.2 Å². The lowest BCUT2D eigenvalue weighted by Crippen LogP contribution is -2.46. The van der Waals surface area contributed by atoms with Crippen LogP contribution in [-0.2, 0) is 16.0 Å². The van der Waals surface area contributed by atoms with Crippen LogP contribution in [0.5, 0.6) is 0 Å². The monoisotopic (exact) mass is 298 g/mol. The van der Waals surface area contributed by atoms with Crippen molar-refractivity contribution in [3.05, 3.63) is 20.8 Å². The maximum atomic E-state index is 11.9. The summed E-state index contributed by atoms with van der Waals surface area (Å²) < 4.78 is 11.7. The van der Waals surface area contributed by atoms with E-state index in [-0.39, 0.29) is 23.7 Å². The SMILES string of the molecule is COCCn1c(N)c(NCC2(OC)CCC2)c(=O)[nH]c1=O. The molecule has 4 N–H and O–H groups in total. The number of nitrogens with one attached hydrogen (secondary N) is 2. The van der Waals surface area contributed by atoms with Crippen LogP contribution in [0.3, 0.4) is 0 Å². The molecule has 1 aromatic heterocycles. The van der Waals surface area contributed by atoms with Crippen molar-refractivity contribution < 1.29 is 9.47 Å². The Labute approximate surface area is 122 Å². The lowest BCUT2D eigenvalue weighted by molar-refractivity contribution is -0.0601. The molecule has 1 fully saturated rings. The van der Waals surface area contributed by atoms with Gasteiger partial charge in [-0.3, -0.25) is 14.3 Å². The molecule has 2 rings (SSSR count). The standard InChI is InChI=1S/C13H22N4O4/c1-20-7-6-17-10(14)9(11(18)16-12(17)19)15-8-13(21-2)4-3-5-13/h15H,3-8,14H2,1-2H3,(H,16,18,19). The van der Waals surface area contributed by atoms with Crippen molar-refractivity contribution in [1.82, 2.24) is 9.55 Å². The molecule has 1 aliphatic rings. The summed E-state index contributed by atoms with van der Waals surface area (Å²) in [7, 11) is 3.19. The summed E-state index contributed by atoms with van der Waals surface area (Å²) in [6, 6.07) is 0. The van der Waals surface area contributed by atoms with Crippen LogP contribution in [0.4, 0.5) is 11.5 Å². The third-order valence-corrected chi connectivity index (χ3v) is 4.04. The van der Waals surface area contributed by atoms with Gasteiger partial charge in [0.2, 0.25) is 0 Å². The molecule has 0 unspecified atom stereocenters. The average molecular weight is 298 g/mol. The Balaban J connectivity index is 2.22. The molecule has 1 aromatic rings. The first-order valence-electron chi connectivity index (χ1n) is 6.93. The van der Waals surface area contributed by atoms with Crippen LogP contribution in [0.1, 0.15) is 19.3 Å². The minimum Gasteiger partial charge on any atom is -0.383 e. The van der Waals surface area contributed by atoms with Crippen LogP contribution in [-0.4, -0.2) is 42.5 Å². The van der Waals surface area contributed by atoms with Gasteiger partial charge in [-0.15, -0.1) is 0 Å². The summed E-state index contributed by atoms with van der Waals surface area (Å²) >= 11 is 0. The summed E-state index contributed by atoms with van der Waals surface area (Å²) in [5.41, 5.74) is 4.85. The third kappa shape index (κ3) is 3.11. The van der Waals surface area contributed by atoms with Gasteiger partial charge in [-0.2, -0.15) is 0 Å².